The van der Waals surface area contributed by atoms with E-state index < -0.39 is 5.91 Å². The van der Waals surface area contributed by atoms with E-state index in [2.05, 4.69) is 10.6 Å². The van der Waals surface area contributed by atoms with E-state index in [0.717, 1.165) is 10.9 Å². The summed E-state index contributed by atoms with van der Waals surface area (Å²) < 4.78 is 10.7. The number of aryl methyl sites for hydroxylation is 1. The molecule has 0 spiro atoms. The maximum Gasteiger partial charge on any atom is 0.287 e. The Bertz CT molecular complexity index is 834. The van der Waals surface area contributed by atoms with Crippen LogP contribution in [0.15, 0.2) is 51.5 Å². The largest absolute Gasteiger partial charge is 0.467 e. The Morgan fingerprint density at radius 2 is 1.91 bits per heavy atom. The van der Waals surface area contributed by atoms with E-state index in [1.54, 1.807) is 18.2 Å². The molecule has 2 N–H and O–H groups in total. The van der Waals surface area contributed by atoms with Gasteiger partial charge in [0.1, 0.15) is 11.3 Å². The second-order valence-corrected chi connectivity index (χ2v) is 5.09. The Morgan fingerprint density at radius 3 is 2.65 bits per heavy atom. The minimum absolute atomic E-state index is 0.129. The maximum atomic E-state index is 12.2. The molecule has 3 aromatic rings. The van der Waals surface area contributed by atoms with Crippen molar-refractivity contribution in [2.75, 3.05) is 6.54 Å². The molecule has 0 aliphatic rings. The molecule has 2 heterocycles. The fourth-order valence-electron chi connectivity index (χ4n) is 2.29. The molecule has 3 rings (SSSR count). The van der Waals surface area contributed by atoms with Gasteiger partial charge in [-0.2, -0.15) is 0 Å². The van der Waals surface area contributed by atoms with Crippen molar-refractivity contribution >= 4 is 22.8 Å². The zero-order valence-electron chi connectivity index (χ0n) is 12.6. The summed E-state index contributed by atoms with van der Waals surface area (Å²) in [6.07, 6.45) is 1.54. The molecule has 6 nitrogen and oxygen atoms in total. The van der Waals surface area contributed by atoms with Crippen molar-refractivity contribution in [3.8, 4) is 0 Å². The Kier molecular flexibility index (Phi) is 4.14. The van der Waals surface area contributed by atoms with Gasteiger partial charge in [0, 0.05) is 10.9 Å². The highest BCUT2D eigenvalue weighted by Crippen LogP contribution is 2.24. The third-order valence-electron chi connectivity index (χ3n) is 3.50. The van der Waals surface area contributed by atoms with Gasteiger partial charge in [0.2, 0.25) is 5.91 Å². The molecule has 0 saturated heterocycles. The minimum Gasteiger partial charge on any atom is -0.467 e. The van der Waals surface area contributed by atoms with Crippen LogP contribution in [0.1, 0.15) is 21.9 Å². The molecule has 0 atom stereocenters. The van der Waals surface area contributed by atoms with Gasteiger partial charge < -0.3 is 19.5 Å². The van der Waals surface area contributed by atoms with Gasteiger partial charge in [0.15, 0.2) is 5.76 Å². The van der Waals surface area contributed by atoms with E-state index in [4.69, 9.17) is 8.83 Å². The van der Waals surface area contributed by atoms with E-state index >= 15 is 0 Å². The lowest BCUT2D eigenvalue weighted by atomic mass is 10.1. The first-order valence-electron chi connectivity index (χ1n) is 7.20. The molecule has 2 amide bonds. The molecule has 0 aliphatic heterocycles. The summed E-state index contributed by atoms with van der Waals surface area (Å²) in [5.41, 5.74) is 1.41. The van der Waals surface area contributed by atoms with Crippen LogP contribution >= 0.6 is 0 Å². The van der Waals surface area contributed by atoms with Gasteiger partial charge in [0.05, 0.1) is 19.4 Å². The number of hydrogen-bond donors (Lipinski definition) is 2. The normalized spacial score (nSPS) is 10.7. The lowest BCUT2D eigenvalue weighted by Crippen LogP contribution is -2.36. The first-order chi connectivity index (χ1) is 11.1. The summed E-state index contributed by atoms with van der Waals surface area (Å²) in [7, 11) is 0. The molecule has 1 aromatic carbocycles. The van der Waals surface area contributed by atoms with Crippen LogP contribution in [0.2, 0.25) is 0 Å². The number of nitrogens with one attached hydrogen (secondary N) is 2. The molecule has 118 valence electrons. The third kappa shape index (κ3) is 3.26. The molecular formula is C17H16N2O4. The number of para-hydroxylation sites is 1. The average molecular weight is 312 g/mol. The summed E-state index contributed by atoms with van der Waals surface area (Å²) >= 11 is 0. The number of hydrogen-bond acceptors (Lipinski definition) is 4. The fourth-order valence-corrected chi connectivity index (χ4v) is 2.29. The van der Waals surface area contributed by atoms with Gasteiger partial charge in [-0.05, 0) is 25.1 Å². The van der Waals surface area contributed by atoms with E-state index in [-0.39, 0.29) is 24.8 Å². The van der Waals surface area contributed by atoms with Crippen LogP contribution in [0.5, 0.6) is 0 Å². The molecule has 2 aromatic heterocycles. The zero-order chi connectivity index (χ0) is 16.2. The lowest BCUT2D eigenvalue weighted by molar-refractivity contribution is -0.120. The van der Waals surface area contributed by atoms with Crippen LogP contribution in [0, 0.1) is 6.92 Å². The number of furan rings is 2. The second kappa shape index (κ2) is 6.39. The summed E-state index contributed by atoms with van der Waals surface area (Å²) in [6.45, 7) is 1.97. The highest BCUT2D eigenvalue weighted by molar-refractivity contribution is 6.00. The molecule has 0 unspecified atom stereocenters. The molecule has 0 radical (unpaired) electrons. The zero-order valence-corrected chi connectivity index (χ0v) is 12.6. The smallest absolute Gasteiger partial charge is 0.287 e. The van der Waals surface area contributed by atoms with Crippen molar-refractivity contribution in [1.82, 2.24) is 10.6 Å². The fraction of sp³-hybridized carbons (Fsp3) is 0.176. The van der Waals surface area contributed by atoms with E-state index in [1.807, 2.05) is 25.1 Å². The molecule has 23 heavy (non-hydrogen) atoms. The van der Waals surface area contributed by atoms with E-state index in [0.29, 0.717) is 11.3 Å². The highest BCUT2D eigenvalue weighted by atomic mass is 16.3. The summed E-state index contributed by atoms with van der Waals surface area (Å²) in [5.74, 6) is 0.165. The molecule has 0 fully saturated rings. The van der Waals surface area contributed by atoms with Crippen molar-refractivity contribution in [2.24, 2.45) is 0 Å². The summed E-state index contributed by atoms with van der Waals surface area (Å²) in [4.78, 5) is 23.9. The highest BCUT2D eigenvalue weighted by Gasteiger charge is 2.17. The number of amides is 2. The van der Waals surface area contributed by atoms with Gasteiger partial charge in [-0.25, -0.2) is 0 Å². The maximum absolute atomic E-state index is 12.2. The Hall–Kier alpha value is -3.02. The quantitative estimate of drug-likeness (QED) is 0.757. The van der Waals surface area contributed by atoms with E-state index in [9.17, 15) is 9.59 Å². The second-order valence-electron chi connectivity index (χ2n) is 5.09. The molecule has 0 aliphatic carbocycles. The van der Waals surface area contributed by atoms with Crippen LogP contribution in [0.3, 0.4) is 0 Å². The van der Waals surface area contributed by atoms with Gasteiger partial charge in [-0.1, -0.05) is 18.2 Å². The molecule has 6 heteroatoms. The summed E-state index contributed by atoms with van der Waals surface area (Å²) in [6, 6.07) is 10.9. The van der Waals surface area contributed by atoms with Gasteiger partial charge >= 0.3 is 0 Å². The number of fused-ring (bicyclic) bond motifs is 1. The SMILES string of the molecule is Cc1c(C(=O)NCC(=O)NCc2ccco2)oc2ccccc12. The molecule has 0 bridgehead atoms. The topological polar surface area (TPSA) is 84.5 Å². The monoisotopic (exact) mass is 312 g/mol. The Morgan fingerprint density at radius 1 is 1.09 bits per heavy atom. The molecule has 0 saturated carbocycles. The van der Waals surface area contributed by atoms with Crippen molar-refractivity contribution in [3.05, 3.63) is 59.7 Å². The number of rotatable bonds is 5. The standard InChI is InChI=1S/C17H16N2O4/c1-11-13-6-2-3-7-14(13)23-16(11)17(21)19-10-15(20)18-9-12-5-4-8-22-12/h2-8H,9-10H2,1H3,(H,18,20)(H,19,21). The molecular weight excluding hydrogens is 296 g/mol. The summed E-state index contributed by atoms with van der Waals surface area (Å²) in [5, 5.41) is 6.10. The van der Waals surface area contributed by atoms with Crippen molar-refractivity contribution in [1.29, 1.82) is 0 Å². The first-order valence-corrected chi connectivity index (χ1v) is 7.20. The number of benzene rings is 1. The van der Waals surface area contributed by atoms with Crippen molar-refractivity contribution in [3.63, 3.8) is 0 Å². The van der Waals surface area contributed by atoms with Crippen LogP contribution in [0.25, 0.3) is 11.0 Å². The van der Waals surface area contributed by atoms with Crippen molar-refractivity contribution < 1.29 is 18.4 Å². The Labute approximate surface area is 132 Å². The van der Waals surface area contributed by atoms with Gasteiger partial charge in [0.25, 0.3) is 5.91 Å². The number of carbonyl (C=O) groups is 2. The minimum atomic E-state index is -0.410. The van der Waals surface area contributed by atoms with Crippen LogP contribution in [-0.4, -0.2) is 18.4 Å². The predicted molar refractivity (Wildman–Crippen MR) is 83.8 cm³/mol. The third-order valence-corrected chi connectivity index (χ3v) is 3.50. The first kappa shape index (κ1) is 14.9. The van der Waals surface area contributed by atoms with Crippen LogP contribution < -0.4 is 10.6 Å². The van der Waals surface area contributed by atoms with Gasteiger partial charge in [-0.15, -0.1) is 0 Å². The van der Waals surface area contributed by atoms with Crippen molar-refractivity contribution in [2.45, 2.75) is 13.5 Å². The van der Waals surface area contributed by atoms with Gasteiger partial charge in [-0.3, -0.25) is 9.59 Å². The lowest BCUT2D eigenvalue weighted by Gasteiger charge is -2.05. The van der Waals surface area contributed by atoms with Crippen LogP contribution in [-0.2, 0) is 11.3 Å². The number of carbonyl (C=O) groups excluding carboxylic acids is 2. The average Bonchev–Trinajstić information content (AvgIpc) is 3.19. The predicted octanol–water partition coefficient (Wildman–Crippen LogP) is 2.38. The van der Waals surface area contributed by atoms with E-state index in [1.165, 1.54) is 6.26 Å². The van der Waals surface area contributed by atoms with Crippen LogP contribution in [0.4, 0.5) is 0 Å². The Balaban J connectivity index is 1.58.